The maximum atomic E-state index is 13.2. The highest BCUT2D eigenvalue weighted by Crippen LogP contribution is 2.29. The molecule has 0 bridgehead atoms. The van der Waals surface area contributed by atoms with Gasteiger partial charge in [0.15, 0.2) is 0 Å². The Labute approximate surface area is 138 Å². The number of nitrogens with zero attached hydrogens (tertiary/aromatic N) is 1. The first-order valence-corrected chi connectivity index (χ1v) is 7.83. The fourth-order valence-electron chi connectivity index (χ4n) is 1.76. The van der Waals surface area contributed by atoms with E-state index in [4.69, 9.17) is 0 Å². The van der Waals surface area contributed by atoms with Crippen molar-refractivity contribution in [2.45, 2.75) is 26.2 Å². The van der Waals surface area contributed by atoms with Crippen LogP contribution in [0.25, 0.3) is 11.4 Å². The van der Waals surface area contributed by atoms with Crippen LogP contribution >= 0.6 is 38.5 Å². The lowest BCUT2D eigenvalue weighted by molar-refractivity contribution is 0.562. The number of halogens is 3. The summed E-state index contributed by atoms with van der Waals surface area (Å²) in [7, 11) is 0. The number of benzene rings is 1. The molecule has 0 saturated heterocycles. The highest BCUT2D eigenvalue weighted by molar-refractivity contribution is 14.1. The molecule has 0 fully saturated rings. The minimum absolute atomic E-state index is 0.184. The molecule has 0 amide bonds. The number of H-pyrrole nitrogens is 1. The topological polar surface area (TPSA) is 45.8 Å². The summed E-state index contributed by atoms with van der Waals surface area (Å²) in [6.45, 7) is 6.00. The number of aromatic amines is 1. The molecule has 1 heterocycles. The van der Waals surface area contributed by atoms with E-state index in [0.717, 1.165) is 5.69 Å². The first-order chi connectivity index (χ1) is 9.20. The van der Waals surface area contributed by atoms with E-state index < -0.39 is 0 Å². The summed E-state index contributed by atoms with van der Waals surface area (Å²) in [4.78, 5) is 19.4. The van der Waals surface area contributed by atoms with Gasteiger partial charge < -0.3 is 4.98 Å². The molecule has 2 rings (SSSR count). The summed E-state index contributed by atoms with van der Waals surface area (Å²) >= 11 is 5.30. The number of aromatic nitrogens is 2. The van der Waals surface area contributed by atoms with Gasteiger partial charge in [0, 0.05) is 15.5 Å². The Morgan fingerprint density at radius 3 is 2.55 bits per heavy atom. The average molecular weight is 451 g/mol. The Kier molecular flexibility index (Phi) is 4.34. The number of rotatable bonds is 1. The molecule has 0 aliphatic heterocycles. The number of hydrogen-bond acceptors (Lipinski definition) is 2. The van der Waals surface area contributed by atoms with Gasteiger partial charge in [-0.15, -0.1) is 0 Å². The standard InChI is InChI=1S/C14H13BrFIN2O/c1-14(2,3)11-10(17)13(20)19-12(18-11)8-5-4-7(16)6-9(8)15/h4-6H,1-3H3,(H,18,19,20). The van der Waals surface area contributed by atoms with E-state index in [1.165, 1.54) is 12.1 Å². The Hall–Kier alpha value is -0.760. The monoisotopic (exact) mass is 450 g/mol. The highest BCUT2D eigenvalue weighted by Gasteiger charge is 2.22. The maximum Gasteiger partial charge on any atom is 0.264 e. The molecule has 0 aliphatic carbocycles. The lowest BCUT2D eigenvalue weighted by Gasteiger charge is -2.20. The van der Waals surface area contributed by atoms with Crippen molar-refractivity contribution >= 4 is 38.5 Å². The van der Waals surface area contributed by atoms with E-state index in [-0.39, 0.29) is 16.8 Å². The maximum absolute atomic E-state index is 13.2. The fraction of sp³-hybridized carbons (Fsp3) is 0.286. The summed E-state index contributed by atoms with van der Waals surface area (Å²) in [5.41, 5.74) is 0.960. The molecule has 106 valence electrons. The minimum Gasteiger partial charge on any atom is -0.306 e. The van der Waals surface area contributed by atoms with Crippen molar-refractivity contribution in [1.82, 2.24) is 9.97 Å². The normalized spacial score (nSPS) is 11.7. The molecule has 6 heteroatoms. The summed E-state index contributed by atoms with van der Waals surface area (Å²) in [5, 5.41) is 0. The van der Waals surface area contributed by atoms with Gasteiger partial charge in [-0.3, -0.25) is 4.79 Å². The predicted molar refractivity (Wildman–Crippen MR) is 89.4 cm³/mol. The van der Waals surface area contributed by atoms with E-state index >= 15 is 0 Å². The zero-order chi connectivity index (χ0) is 15.1. The van der Waals surface area contributed by atoms with Gasteiger partial charge in [0.05, 0.1) is 5.69 Å². The van der Waals surface area contributed by atoms with Gasteiger partial charge in [-0.05, 0) is 56.7 Å². The Morgan fingerprint density at radius 1 is 1.35 bits per heavy atom. The SMILES string of the molecule is CC(C)(C)c1nc(-c2ccc(F)cc2Br)[nH]c(=O)c1I. The Morgan fingerprint density at radius 2 is 2.00 bits per heavy atom. The second-order valence-corrected chi connectivity index (χ2v) is 7.38. The second kappa shape index (κ2) is 5.55. The molecule has 3 nitrogen and oxygen atoms in total. The van der Waals surface area contributed by atoms with Crippen molar-refractivity contribution in [1.29, 1.82) is 0 Å². The van der Waals surface area contributed by atoms with Crippen molar-refractivity contribution in [3.63, 3.8) is 0 Å². The quantitative estimate of drug-likeness (QED) is 0.660. The molecule has 0 atom stereocenters. The number of nitrogens with one attached hydrogen (secondary N) is 1. The zero-order valence-corrected chi connectivity index (χ0v) is 15.0. The third kappa shape index (κ3) is 3.11. The van der Waals surface area contributed by atoms with Crippen molar-refractivity contribution in [2.75, 3.05) is 0 Å². The van der Waals surface area contributed by atoms with Gasteiger partial charge in [-0.2, -0.15) is 0 Å². The summed E-state index contributed by atoms with van der Waals surface area (Å²) in [5.74, 6) is 0.0942. The van der Waals surface area contributed by atoms with Gasteiger partial charge in [-0.25, -0.2) is 9.37 Å². The molecule has 1 N–H and O–H groups in total. The fourth-order valence-corrected chi connectivity index (χ4v) is 3.37. The van der Waals surface area contributed by atoms with Crippen molar-refractivity contribution in [3.05, 3.63) is 48.1 Å². The first-order valence-electron chi connectivity index (χ1n) is 5.96. The molecular formula is C14H13BrFIN2O. The molecule has 2 aromatic rings. The van der Waals surface area contributed by atoms with Gasteiger partial charge in [0.1, 0.15) is 15.2 Å². The van der Waals surface area contributed by atoms with Crippen molar-refractivity contribution in [3.8, 4) is 11.4 Å². The second-order valence-electron chi connectivity index (χ2n) is 5.45. The van der Waals surface area contributed by atoms with E-state index in [9.17, 15) is 9.18 Å². The first kappa shape index (κ1) is 15.6. The van der Waals surface area contributed by atoms with Crippen LogP contribution in [-0.4, -0.2) is 9.97 Å². The largest absolute Gasteiger partial charge is 0.306 e. The van der Waals surface area contributed by atoms with Gasteiger partial charge in [0.2, 0.25) is 0 Å². The lowest BCUT2D eigenvalue weighted by atomic mass is 9.92. The lowest BCUT2D eigenvalue weighted by Crippen LogP contribution is -2.24. The average Bonchev–Trinajstić information content (AvgIpc) is 2.31. The van der Waals surface area contributed by atoms with Crippen LogP contribution in [0, 0.1) is 9.39 Å². The van der Waals surface area contributed by atoms with E-state index in [0.29, 0.717) is 19.4 Å². The zero-order valence-electron chi connectivity index (χ0n) is 11.2. The molecule has 1 aromatic carbocycles. The molecule has 0 spiro atoms. The molecule has 0 aliphatic rings. The Balaban J connectivity index is 2.70. The summed E-state index contributed by atoms with van der Waals surface area (Å²) in [6, 6.07) is 4.29. The van der Waals surface area contributed by atoms with Crippen LogP contribution in [0.4, 0.5) is 4.39 Å². The molecule has 20 heavy (non-hydrogen) atoms. The molecular weight excluding hydrogens is 438 g/mol. The third-order valence-electron chi connectivity index (χ3n) is 2.76. The van der Waals surface area contributed by atoms with E-state index in [1.54, 1.807) is 6.07 Å². The highest BCUT2D eigenvalue weighted by atomic mass is 127. The van der Waals surface area contributed by atoms with Gasteiger partial charge in [0.25, 0.3) is 5.56 Å². The Bertz CT molecular complexity index is 722. The van der Waals surface area contributed by atoms with Crippen LogP contribution in [0.3, 0.4) is 0 Å². The summed E-state index contributed by atoms with van der Waals surface area (Å²) < 4.78 is 14.3. The molecule has 0 saturated carbocycles. The molecule has 0 unspecified atom stereocenters. The van der Waals surface area contributed by atoms with Gasteiger partial charge >= 0.3 is 0 Å². The van der Waals surface area contributed by atoms with Crippen LogP contribution in [0.2, 0.25) is 0 Å². The van der Waals surface area contributed by atoms with E-state index in [1.807, 2.05) is 43.4 Å². The van der Waals surface area contributed by atoms with Crippen LogP contribution in [-0.2, 0) is 5.41 Å². The van der Waals surface area contributed by atoms with Crippen LogP contribution in [0.5, 0.6) is 0 Å². The third-order valence-corrected chi connectivity index (χ3v) is 4.42. The minimum atomic E-state index is -0.343. The van der Waals surface area contributed by atoms with Crippen molar-refractivity contribution < 1.29 is 4.39 Å². The molecule has 1 aromatic heterocycles. The van der Waals surface area contributed by atoms with Crippen molar-refractivity contribution in [2.24, 2.45) is 0 Å². The predicted octanol–water partition coefficient (Wildman–Crippen LogP) is 4.24. The van der Waals surface area contributed by atoms with Crippen LogP contribution in [0.15, 0.2) is 27.5 Å². The summed E-state index contributed by atoms with van der Waals surface area (Å²) in [6.07, 6.45) is 0. The van der Waals surface area contributed by atoms with Gasteiger partial charge in [-0.1, -0.05) is 20.8 Å². The smallest absolute Gasteiger partial charge is 0.264 e. The number of hydrogen-bond donors (Lipinski definition) is 1. The van der Waals surface area contributed by atoms with Crippen LogP contribution in [0.1, 0.15) is 26.5 Å². The molecule has 0 radical (unpaired) electrons. The van der Waals surface area contributed by atoms with Crippen LogP contribution < -0.4 is 5.56 Å². The van der Waals surface area contributed by atoms with E-state index in [2.05, 4.69) is 25.9 Å².